The molecule has 0 unspecified atom stereocenters. The first-order valence-electron chi connectivity index (χ1n) is 21.4. The summed E-state index contributed by atoms with van der Waals surface area (Å²) in [6, 6.07) is 85.6. The number of allylic oxidation sites excluding steroid dienone is 1. The minimum absolute atomic E-state index is 0.916. The lowest BCUT2D eigenvalue weighted by Crippen LogP contribution is -2.09. The summed E-state index contributed by atoms with van der Waals surface area (Å²) < 4.78 is 2.46. The first-order chi connectivity index (χ1) is 30.8. The molecule has 9 aromatic carbocycles. The zero-order valence-corrected chi connectivity index (χ0v) is 34.2. The van der Waals surface area contributed by atoms with Gasteiger partial charge in [0.25, 0.3) is 0 Å². The smallest absolute Gasteiger partial charge is 0.0973 e. The number of rotatable bonds is 9. The van der Waals surface area contributed by atoms with Gasteiger partial charge in [-0.1, -0.05) is 182 Å². The van der Waals surface area contributed by atoms with Crippen molar-refractivity contribution in [3.8, 4) is 61.3 Å². The molecule has 2 nitrogen and oxygen atoms in total. The van der Waals surface area contributed by atoms with Crippen LogP contribution in [0.3, 0.4) is 0 Å². The Morgan fingerprint density at radius 2 is 0.984 bits per heavy atom. The van der Waals surface area contributed by atoms with Crippen LogP contribution in [0.1, 0.15) is 17.7 Å². The second-order valence-electron chi connectivity index (χ2n) is 15.8. The Morgan fingerprint density at radius 1 is 0.419 bits per heavy atom. The number of anilines is 3. The van der Waals surface area contributed by atoms with Crippen LogP contribution in [0.15, 0.2) is 224 Å². The number of aromatic nitrogens is 1. The molecule has 0 aliphatic heterocycles. The van der Waals surface area contributed by atoms with Crippen LogP contribution in [0, 0.1) is 12.1 Å². The summed E-state index contributed by atoms with van der Waals surface area (Å²) in [5.41, 5.74) is 19.8. The third-order valence-electron chi connectivity index (χ3n) is 12.1. The minimum atomic E-state index is 0.916. The lowest BCUT2D eigenvalue weighted by molar-refractivity contribution is 0.889. The van der Waals surface area contributed by atoms with E-state index in [0.29, 0.717) is 0 Å². The Balaban J connectivity index is 0.978. The van der Waals surface area contributed by atoms with Crippen molar-refractivity contribution >= 4 is 34.0 Å². The van der Waals surface area contributed by atoms with Crippen LogP contribution in [0.2, 0.25) is 0 Å². The highest BCUT2D eigenvalue weighted by Crippen LogP contribution is 2.41. The van der Waals surface area contributed by atoms with E-state index in [2.05, 4.69) is 252 Å². The number of hydrogen-bond donors (Lipinski definition) is 0. The molecular weight excluding hydrogens is 749 g/mol. The van der Waals surface area contributed by atoms with Crippen LogP contribution < -0.4 is 4.90 Å². The highest BCUT2D eigenvalue weighted by atomic mass is 15.1. The quantitative estimate of drug-likeness (QED) is 0.141. The van der Waals surface area contributed by atoms with Gasteiger partial charge in [0.2, 0.25) is 0 Å². The van der Waals surface area contributed by atoms with E-state index in [-0.39, 0.29) is 0 Å². The van der Waals surface area contributed by atoms with Crippen LogP contribution in [-0.2, 0) is 6.42 Å². The van der Waals surface area contributed by atoms with Crippen molar-refractivity contribution in [1.29, 1.82) is 0 Å². The number of fused-ring (bicyclic) bond motifs is 3. The van der Waals surface area contributed by atoms with Crippen molar-refractivity contribution in [3.63, 3.8) is 0 Å². The molecule has 0 saturated carbocycles. The van der Waals surface area contributed by atoms with Crippen molar-refractivity contribution < 1.29 is 0 Å². The van der Waals surface area contributed by atoms with Crippen LogP contribution in [0.4, 0.5) is 17.1 Å². The fourth-order valence-corrected chi connectivity index (χ4v) is 9.12. The molecule has 1 aromatic heterocycles. The Labute approximate surface area is 364 Å². The van der Waals surface area contributed by atoms with Gasteiger partial charge >= 0.3 is 0 Å². The predicted molar refractivity (Wildman–Crippen MR) is 260 cm³/mol. The van der Waals surface area contributed by atoms with E-state index in [1.807, 2.05) is 0 Å². The number of para-hydroxylation sites is 2. The van der Waals surface area contributed by atoms with E-state index < -0.39 is 0 Å². The molecule has 1 heterocycles. The van der Waals surface area contributed by atoms with Gasteiger partial charge < -0.3 is 9.47 Å². The summed E-state index contributed by atoms with van der Waals surface area (Å²) in [6.45, 7) is 0. The molecule has 0 atom stereocenters. The first kappa shape index (κ1) is 36.9. The molecule has 0 spiro atoms. The fourth-order valence-electron chi connectivity index (χ4n) is 9.12. The van der Waals surface area contributed by atoms with Gasteiger partial charge in [-0.25, -0.2) is 0 Å². The average molecular weight is 791 g/mol. The average Bonchev–Trinajstić information content (AvgIpc) is 3.70. The maximum absolute atomic E-state index is 3.63. The molecule has 0 amide bonds. The minimum Gasteiger partial charge on any atom is -0.312 e. The predicted octanol–water partition coefficient (Wildman–Crippen LogP) is 16.0. The van der Waals surface area contributed by atoms with Crippen LogP contribution >= 0.6 is 0 Å². The Morgan fingerprint density at radius 3 is 1.66 bits per heavy atom. The zero-order valence-electron chi connectivity index (χ0n) is 34.2. The van der Waals surface area contributed by atoms with Crippen LogP contribution in [0.5, 0.6) is 0 Å². The number of nitrogens with zero attached hydrogens (tertiary/aromatic N) is 2. The maximum Gasteiger partial charge on any atom is 0.0973 e. The third-order valence-corrected chi connectivity index (χ3v) is 12.1. The van der Waals surface area contributed by atoms with Gasteiger partial charge in [0, 0.05) is 39.1 Å². The first-order valence-corrected chi connectivity index (χ1v) is 21.4. The van der Waals surface area contributed by atoms with E-state index >= 15 is 0 Å². The summed E-state index contributed by atoms with van der Waals surface area (Å²) >= 11 is 0. The molecule has 1 aliphatic rings. The standard InChI is InChI=1S/C60H42N2/c1-4-16-43(17-5-1)44-28-35-50(36-29-44)61(51-37-30-45(31-38-51)49-34-41-53(46-18-6-2-7-19-46)57(42-49)47-20-8-3-9-21-47)52-39-32-48(33-40-52)54-22-10-13-25-58(54)62-59-26-14-11-23-55(59)56-24-12-15-27-60(56)62/h1-14,16-26,28-32,34-39,41-42H,15,27H2. The van der Waals surface area contributed by atoms with E-state index in [4.69, 9.17) is 0 Å². The van der Waals surface area contributed by atoms with Crippen LogP contribution in [0.25, 0.3) is 78.3 Å². The van der Waals surface area contributed by atoms with Gasteiger partial charge in [0.15, 0.2) is 0 Å². The molecule has 1 aliphatic carbocycles. The molecule has 292 valence electrons. The topological polar surface area (TPSA) is 8.17 Å². The molecule has 0 N–H and O–H groups in total. The lowest BCUT2D eigenvalue weighted by Gasteiger charge is -2.25. The fraction of sp³-hybridized carbons (Fsp3) is 0.0333. The third kappa shape index (κ3) is 6.86. The van der Waals surface area contributed by atoms with Gasteiger partial charge in [-0.05, 0) is 118 Å². The summed E-state index contributed by atoms with van der Waals surface area (Å²) in [4.78, 5) is 2.28. The summed E-state index contributed by atoms with van der Waals surface area (Å²) in [7, 11) is 0. The second kappa shape index (κ2) is 16.1. The second-order valence-corrected chi connectivity index (χ2v) is 15.8. The Bertz CT molecular complexity index is 3180. The molecule has 0 bridgehead atoms. The van der Waals surface area contributed by atoms with Gasteiger partial charge in [-0.2, -0.15) is 0 Å². The molecule has 11 rings (SSSR count). The molecule has 2 heteroatoms. The lowest BCUT2D eigenvalue weighted by atomic mass is 9.91. The molecule has 0 saturated heterocycles. The Hall–Kier alpha value is -8.12. The van der Waals surface area contributed by atoms with Crippen molar-refractivity contribution in [2.45, 2.75) is 12.8 Å². The summed E-state index contributed by atoms with van der Waals surface area (Å²) in [5, 5.41) is 1.29. The van der Waals surface area contributed by atoms with Gasteiger partial charge in [-0.3, -0.25) is 0 Å². The van der Waals surface area contributed by atoms with Gasteiger partial charge in [0.1, 0.15) is 0 Å². The van der Waals surface area contributed by atoms with Crippen molar-refractivity contribution in [1.82, 2.24) is 4.57 Å². The monoisotopic (exact) mass is 790 g/mol. The molecular formula is C60H42N2. The molecule has 62 heavy (non-hydrogen) atoms. The zero-order chi connectivity index (χ0) is 41.2. The molecule has 10 aromatic rings. The highest BCUT2D eigenvalue weighted by molar-refractivity contribution is 5.95. The van der Waals surface area contributed by atoms with Gasteiger partial charge in [-0.15, -0.1) is 0 Å². The van der Waals surface area contributed by atoms with Crippen LogP contribution in [-0.4, -0.2) is 4.57 Å². The number of hydrogen-bond acceptors (Lipinski definition) is 1. The van der Waals surface area contributed by atoms with Crippen molar-refractivity contribution in [2.75, 3.05) is 4.90 Å². The van der Waals surface area contributed by atoms with E-state index in [1.165, 1.54) is 61.1 Å². The summed E-state index contributed by atoms with van der Waals surface area (Å²) in [6.07, 6.45) is 6.64. The van der Waals surface area contributed by atoms with E-state index in [1.54, 1.807) is 0 Å². The molecule has 0 fully saturated rings. The SMILES string of the molecule is c1c(-c2ccccc2-n2c3c(c4ccccc42)C=CCC3)ccc(N(c2ccc(-c3ccccc3)cc2)c2ccc(-c3ccc(-c4ccccc4)c(-c4ccccc4)c3)cc2)c#1. The van der Waals surface area contributed by atoms with E-state index in [9.17, 15) is 0 Å². The molecule has 0 radical (unpaired) electrons. The maximum atomic E-state index is 3.63. The van der Waals surface area contributed by atoms with Gasteiger partial charge in [0.05, 0.1) is 16.9 Å². The summed E-state index contributed by atoms with van der Waals surface area (Å²) in [5.74, 6) is 0. The largest absolute Gasteiger partial charge is 0.312 e. The number of benzene rings is 8. The van der Waals surface area contributed by atoms with E-state index in [0.717, 1.165) is 52.3 Å². The normalized spacial score (nSPS) is 11.9. The Kier molecular flexibility index (Phi) is 9.62. The van der Waals surface area contributed by atoms with Crippen molar-refractivity contribution in [2.24, 2.45) is 0 Å². The van der Waals surface area contributed by atoms with Crippen molar-refractivity contribution in [3.05, 3.63) is 248 Å². The highest BCUT2D eigenvalue weighted by Gasteiger charge is 2.21.